The Morgan fingerprint density at radius 3 is 2.25 bits per heavy atom. The topological polar surface area (TPSA) is 46.5 Å². The van der Waals surface area contributed by atoms with E-state index in [0.717, 1.165) is 16.7 Å². The molecule has 0 aliphatic heterocycles. The number of hydrogen-bond acceptors (Lipinski definition) is 3. The van der Waals surface area contributed by atoms with Crippen LogP contribution in [0.25, 0.3) is 0 Å². The smallest absolute Gasteiger partial charge is 0.306 e. The predicted molar refractivity (Wildman–Crippen MR) is 80.9 cm³/mol. The van der Waals surface area contributed by atoms with E-state index in [4.69, 9.17) is 4.74 Å². The van der Waals surface area contributed by atoms with Gasteiger partial charge in [-0.2, -0.15) is 0 Å². The summed E-state index contributed by atoms with van der Waals surface area (Å²) in [6.45, 7) is 10.6. The Kier molecular flexibility index (Phi) is 6.05. The first-order valence-corrected chi connectivity index (χ1v) is 7.26. The van der Waals surface area contributed by atoms with Gasteiger partial charge in [0.15, 0.2) is 0 Å². The Balaban J connectivity index is 2.45. The Hall–Kier alpha value is -1.51. The van der Waals surface area contributed by atoms with Gasteiger partial charge in [0.1, 0.15) is 5.75 Å². The highest BCUT2D eigenvalue weighted by Crippen LogP contribution is 2.23. The number of phenolic OH excluding ortho intramolecular Hbond substituents is 1. The van der Waals surface area contributed by atoms with E-state index in [0.29, 0.717) is 37.0 Å². The molecule has 1 unspecified atom stereocenters. The van der Waals surface area contributed by atoms with Crippen LogP contribution in [-0.4, -0.2) is 17.7 Å². The maximum Gasteiger partial charge on any atom is 0.306 e. The van der Waals surface area contributed by atoms with Gasteiger partial charge in [0.2, 0.25) is 0 Å². The molecular formula is C17H26O3. The second kappa shape index (κ2) is 7.32. The summed E-state index contributed by atoms with van der Waals surface area (Å²) in [5.41, 5.74) is 2.76. The lowest BCUT2D eigenvalue weighted by Crippen LogP contribution is -2.16. The van der Waals surface area contributed by atoms with Gasteiger partial charge in [-0.25, -0.2) is 0 Å². The average Bonchev–Trinajstić information content (AvgIpc) is 2.39. The molecule has 0 saturated carbocycles. The third-order valence-electron chi connectivity index (χ3n) is 3.81. The number of hydrogen-bond donors (Lipinski definition) is 1. The molecule has 0 amide bonds. The summed E-state index contributed by atoms with van der Waals surface area (Å²) >= 11 is 0. The molecule has 112 valence electrons. The minimum atomic E-state index is -0.152. The second-order valence-electron chi connectivity index (χ2n) is 5.98. The third kappa shape index (κ3) is 4.87. The van der Waals surface area contributed by atoms with Crippen LogP contribution in [0.2, 0.25) is 0 Å². The zero-order valence-electron chi connectivity index (χ0n) is 13.2. The van der Waals surface area contributed by atoms with E-state index in [1.807, 2.05) is 26.0 Å². The molecule has 0 bridgehead atoms. The zero-order chi connectivity index (χ0) is 15.3. The molecule has 0 radical (unpaired) electrons. The third-order valence-corrected chi connectivity index (χ3v) is 3.81. The fraction of sp³-hybridized carbons (Fsp3) is 0.588. The van der Waals surface area contributed by atoms with Crippen molar-refractivity contribution in [3.05, 3.63) is 28.8 Å². The van der Waals surface area contributed by atoms with E-state index in [1.165, 1.54) is 0 Å². The molecule has 0 aliphatic rings. The summed E-state index contributed by atoms with van der Waals surface area (Å²) in [6, 6.07) is 3.85. The Morgan fingerprint density at radius 1 is 1.20 bits per heavy atom. The van der Waals surface area contributed by atoms with Crippen LogP contribution < -0.4 is 0 Å². The highest BCUT2D eigenvalue weighted by atomic mass is 16.5. The molecule has 0 saturated heterocycles. The van der Waals surface area contributed by atoms with Gasteiger partial charge in [-0.3, -0.25) is 4.79 Å². The molecule has 0 heterocycles. The first kappa shape index (κ1) is 16.5. The molecule has 0 spiro atoms. The number of aromatic hydroxyl groups is 1. The van der Waals surface area contributed by atoms with Crippen molar-refractivity contribution in [2.75, 3.05) is 6.61 Å². The molecular weight excluding hydrogens is 252 g/mol. The molecule has 3 heteroatoms. The monoisotopic (exact) mass is 278 g/mol. The lowest BCUT2D eigenvalue weighted by Gasteiger charge is -2.15. The molecule has 1 aromatic rings. The van der Waals surface area contributed by atoms with E-state index in [2.05, 4.69) is 20.8 Å². The van der Waals surface area contributed by atoms with E-state index < -0.39 is 0 Å². The second-order valence-corrected chi connectivity index (χ2v) is 5.98. The van der Waals surface area contributed by atoms with Crippen LogP contribution in [0, 0.1) is 25.7 Å². The van der Waals surface area contributed by atoms with Gasteiger partial charge in [-0.1, -0.05) is 32.9 Å². The Labute approximate surface area is 122 Å². The fourth-order valence-corrected chi connectivity index (χ4v) is 1.93. The van der Waals surface area contributed by atoms with Crippen molar-refractivity contribution < 1.29 is 14.6 Å². The van der Waals surface area contributed by atoms with Crippen molar-refractivity contribution in [1.29, 1.82) is 0 Å². The fourth-order valence-electron chi connectivity index (χ4n) is 1.93. The van der Waals surface area contributed by atoms with Crippen molar-refractivity contribution in [1.82, 2.24) is 0 Å². The highest BCUT2D eigenvalue weighted by molar-refractivity contribution is 5.69. The first-order valence-electron chi connectivity index (χ1n) is 7.26. The predicted octanol–water partition coefficient (Wildman–Crippen LogP) is 3.78. The van der Waals surface area contributed by atoms with Crippen LogP contribution in [0.1, 0.15) is 43.9 Å². The number of carbonyl (C=O) groups is 1. The molecule has 20 heavy (non-hydrogen) atoms. The highest BCUT2D eigenvalue weighted by Gasteiger charge is 2.11. The van der Waals surface area contributed by atoms with E-state index in [1.54, 1.807) is 0 Å². The molecule has 1 rings (SSSR count). The summed E-state index contributed by atoms with van der Waals surface area (Å²) in [7, 11) is 0. The van der Waals surface area contributed by atoms with Crippen molar-refractivity contribution in [2.24, 2.45) is 11.8 Å². The molecule has 0 fully saturated rings. The van der Waals surface area contributed by atoms with Crippen LogP contribution in [0.15, 0.2) is 12.1 Å². The van der Waals surface area contributed by atoms with E-state index in [9.17, 15) is 9.90 Å². The van der Waals surface area contributed by atoms with Gasteiger partial charge in [-0.05, 0) is 48.8 Å². The van der Waals surface area contributed by atoms with Gasteiger partial charge in [-0.15, -0.1) is 0 Å². The quantitative estimate of drug-likeness (QED) is 0.806. The van der Waals surface area contributed by atoms with E-state index >= 15 is 0 Å². The van der Waals surface area contributed by atoms with Gasteiger partial charge >= 0.3 is 5.97 Å². The maximum atomic E-state index is 11.7. The normalized spacial score (nSPS) is 12.5. The van der Waals surface area contributed by atoms with Crippen molar-refractivity contribution in [3.8, 4) is 5.75 Å². The largest absolute Gasteiger partial charge is 0.507 e. The minimum absolute atomic E-state index is 0.152. The summed E-state index contributed by atoms with van der Waals surface area (Å²) in [5.74, 6) is 1.09. The maximum absolute atomic E-state index is 11.7. The molecule has 1 aromatic carbocycles. The number of rotatable bonds is 6. The number of esters is 1. The summed E-state index contributed by atoms with van der Waals surface area (Å²) in [5, 5.41) is 9.71. The molecule has 1 N–H and O–H groups in total. The Bertz CT molecular complexity index is 440. The summed E-state index contributed by atoms with van der Waals surface area (Å²) < 4.78 is 5.28. The molecule has 1 atom stereocenters. The number of ether oxygens (including phenoxy) is 1. The Morgan fingerprint density at radius 2 is 1.75 bits per heavy atom. The van der Waals surface area contributed by atoms with Crippen LogP contribution >= 0.6 is 0 Å². The summed E-state index contributed by atoms with van der Waals surface area (Å²) in [6.07, 6.45) is 1.03. The van der Waals surface area contributed by atoms with Crippen molar-refractivity contribution in [3.63, 3.8) is 0 Å². The van der Waals surface area contributed by atoms with Crippen LogP contribution in [-0.2, 0) is 16.0 Å². The van der Waals surface area contributed by atoms with Gasteiger partial charge in [0, 0.05) is 6.42 Å². The van der Waals surface area contributed by atoms with Gasteiger partial charge in [0.05, 0.1) is 6.61 Å². The number of carbonyl (C=O) groups excluding carboxylic acids is 1. The average molecular weight is 278 g/mol. The molecule has 0 aromatic heterocycles. The van der Waals surface area contributed by atoms with Crippen LogP contribution in [0.3, 0.4) is 0 Å². The van der Waals surface area contributed by atoms with Crippen LogP contribution in [0.4, 0.5) is 0 Å². The molecule has 3 nitrogen and oxygen atoms in total. The van der Waals surface area contributed by atoms with Crippen molar-refractivity contribution >= 4 is 5.97 Å². The number of phenols is 1. The summed E-state index contributed by atoms with van der Waals surface area (Å²) in [4.78, 5) is 11.7. The standard InChI is InChI=1S/C17H26O3/c1-11(2)14(5)10-20-16(18)7-6-15-8-12(3)17(19)13(4)9-15/h8-9,11,14,19H,6-7,10H2,1-5H3. The lowest BCUT2D eigenvalue weighted by atomic mass is 9.99. The lowest BCUT2D eigenvalue weighted by molar-refractivity contribution is -0.145. The zero-order valence-corrected chi connectivity index (χ0v) is 13.2. The van der Waals surface area contributed by atoms with E-state index in [-0.39, 0.29) is 5.97 Å². The SMILES string of the molecule is Cc1cc(CCC(=O)OCC(C)C(C)C)cc(C)c1O. The van der Waals surface area contributed by atoms with Gasteiger partial charge in [0.25, 0.3) is 0 Å². The number of benzene rings is 1. The number of aryl methyl sites for hydroxylation is 3. The van der Waals surface area contributed by atoms with Crippen LogP contribution in [0.5, 0.6) is 5.75 Å². The first-order chi connectivity index (χ1) is 9.31. The van der Waals surface area contributed by atoms with Gasteiger partial charge < -0.3 is 9.84 Å². The molecule has 0 aliphatic carbocycles. The van der Waals surface area contributed by atoms with Crippen molar-refractivity contribution in [2.45, 2.75) is 47.5 Å². The minimum Gasteiger partial charge on any atom is -0.507 e.